The van der Waals surface area contributed by atoms with Crippen LogP contribution in [0.1, 0.15) is 81.9 Å². The van der Waals surface area contributed by atoms with Gasteiger partial charge in [-0.2, -0.15) is 0 Å². The molecule has 45 heavy (non-hydrogen) atoms. The molecule has 0 unspecified atom stereocenters. The molecule has 2 amide bonds. The van der Waals surface area contributed by atoms with Gasteiger partial charge in [0.2, 0.25) is 11.8 Å². The highest BCUT2D eigenvalue weighted by Crippen LogP contribution is 2.27. The summed E-state index contributed by atoms with van der Waals surface area (Å²) in [6, 6.07) is 20.5. The van der Waals surface area contributed by atoms with Crippen LogP contribution in [0.15, 0.2) is 77.7 Å². The predicted molar refractivity (Wildman–Crippen MR) is 179 cm³/mol. The van der Waals surface area contributed by atoms with Gasteiger partial charge in [0.15, 0.2) is 0 Å². The van der Waals surface area contributed by atoms with Crippen LogP contribution in [0.3, 0.4) is 0 Å². The van der Waals surface area contributed by atoms with E-state index < -0.39 is 28.5 Å². The van der Waals surface area contributed by atoms with Gasteiger partial charge in [0, 0.05) is 12.6 Å². The molecule has 1 N–H and O–H groups in total. The van der Waals surface area contributed by atoms with E-state index in [9.17, 15) is 18.0 Å². The Hall–Kier alpha value is -3.85. The van der Waals surface area contributed by atoms with E-state index in [-0.39, 0.29) is 29.3 Å². The summed E-state index contributed by atoms with van der Waals surface area (Å²) in [5.74, 6) is 0.213. The maximum atomic E-state index is 14.4. The number of sulfonamides is 1. The topological polar surface area (TPSA) is 96.0 Å². The van der Waals surface area contributed by atoms with Gasteiger partial charge in [0.05, 0.1) is 17.7 Å². The van der Waals surface area contributed by atoms with Gasteiger partial charge in [0.25, 0.3) is 10.0 Å². The number of methoxy groups -OCH3 is 1. The maximum absolute atomic E-state index is 14.4. The lowest BCUT2D eigenvalue weighted by molar-refractivity contribution is -0.140. The third-order valence-corrected chi connectivity index (χ3v) is 10.3. The van der Waals surface area contributed by atoms with E-state index in [1.165, 1.54) is 4.90 Å². The summed E-state index contributed by atoms with van der Waals surface area (Å²) in [4.78, 5) is 29.8. The zero-order valence-corrected chi connectivity index (χ0v) is 28.0. The summed E-state index contributed by atoms with van der Waals surface area (Å²) in [5, 5.41) is 3.19. The average Bonchev–Trinajstić information content (AvgIpc) is 3.04. The van der Waals surface area contributed by atoms with E-state index in [0.717, 1.165) is 53.1 Å². The minimum absolute atomic E-state index is 0.0759. The fourth-order valence-corrected chi connectivity index (χ4v) is 7.24. The van der Waals surface area contributed by atoms with Crippen molar-refractivity contribution in [1.82, 2.24) is 10.2 Å². The lowest BCUT2D eigenvalue weighted by atomic mass is 9.95. The Morgan fingerprint density at radius 1 is 0.956 bits per heavy atom. The van der Waals surface area contributed by atoms with E-state index in [0.29, 0.717) is 17.9 Å². The Bertz CT molecular complexity index is 1530. The maximum Gasteiger partial charge on any atom is 0.264 e. The summed E-state index contributed by atoms with van der Waals surface area (Å²) >= 11 is 0. The van der Waals surface area contributed by atoms with Crippen LogP contribution in [0.5, 0.6) is 5.75 Å². The van der Waals surface area contributed by atoms with Crippen molar-refractivity contribution in [2.24, 2.45) is 0 Å². The lowest BCUT2D eigenvalue weighted by Crippen LogP contribution is -2.54. The molecule has 0 bridgehead atoms. The second kappa shape index (κ2) is 15.4. The molecular formula is C36H47N3O5S. The van der Waals surface area contributed by atoms with Crippen LogP contribution < -0.4 is 14.4 Å². The van der Waals surface area contributed by atoms with Gasteiger partial charge in [-0.3, -0.25) is 13.9 Å². The summed E-state index contributed by atoms with van der Waals surface area (Å²) in [6.45, 7) is 7.56. The highest BCUT2D eigenvalue weighted by atomic mass is 32.2. The smallest absolute Gasteiger partial charge is 0.264 e. The molecule has 3 aromatic carbocycles. The van der Waals surface area contributed by atoms with Crippen LogP contribution in [0, 0.1) is 6.92 Å². The third-order valence-electron chi connectivity index (χ3n) is 8.56. The number of carbonyl (C=O) groups excluding carboxylic acids is 2. The molecule has 0 aromatic heterocycles. The number of ether oxygens (including phenoxy) is 1. The molecule has 1 aliphatic rings. The number of hydrogen-bond acceptors (Lipinski definition) is 5. The summed E-state index contributed by atoms with van der Waals surface area (Å²) in [6.07, 6.45) is 5.50. The number of hydrogen-bond donors (Lipinski definition) is 1. The van der Waals surface area contributed by atoms with Crippen molar-refractivity contribution in [1.29, 1.82) is 0 Å². The molecule has 4 rings (SSSR count). The van der Waals surface area contributed by atoms with Gasteiger partial charge in [-0.1, -0.05) is 82.0 Å². The Morgan fingerprint density at radius 3 is 2.22 bits per heavy atom. The molecule has 1 saturated carbocycles. The Balaban J connectivity index is 1.72. The third kappa shape index (κ3) is 8.66. The molecule has 3 aromatic rings. The molecule has 0 heterocycles. The minimum Gasteiger partial charge on any atom is -0.497 e. The van der Waals surface area contributed by atoms with E-state index in [2.05, 4.69) is 19.2 Å². The summed E-state index contributed by atoms with van der Waals surface area (Å²) in [5.41, 5.74) is 3.15. The fourth-order valence-electron chi connectivity index (χ4n) is 5.82. The molecule has 0 saturated heterocycles. The number of aryl methyl sites for hydroxylation is 1. The lowest BCUT2D eigenvalue weighted by Gasteiger charge is -2.34. The molecule has 1 fully saturated rings. The van der Waals surface area contributed by atoms with E-state index in [1.54, 1.807) is 43.5 Å². The summed E-state index contributed by atoms with van der Waals surface area (Å²) in [7, 11) is -2.55. The Morgan fingerprint density at radius 2 is 1.62 bits per heavy atom. The number of nitrogens with one attached hydrogen (secondary N) is 1. The number of rotatable bonds is 13. The number of benzene rings is 3. The van der Waals surface area contributed by atoms with Gasteiger partial charge >= 0.3 is 0 Å². The Labute approximate surface area is 268 Å². The van der Waals surface area contributed by atoms with Crippen LogP contribution in [0.25, 0.3) is 0 Å². The van der Waals surface area contributed by atoms with Crippen molar-refractivity contribution in [3.05, 3.63) is 89.5 Å². The molecule has 0 spiro atoms. The first-order valence-corrected chi connectivity index (χ1v) is 17.4. The normalized spacial score (nSPS) is 14.5. The van der Waals surface area contributed by atoms with Gasteiger partial charge in [-0.15, -0.1) is 0 Å². The van der Waals surface area contributed by atoms with Crippen molar-refractivity contribution in [3.8, 4) is 5.75 Å². The molecule has 9 heteroatoms. The zero-order chi connectivity index (χ0) is 32.6. The van der Waals surface area contributed by atoms with Crippen molar-refractivity contribution in [3.63, 3.8) is 0 Å². The first-order chi connectivity index (χ1) is 21.5. The van der Waals surface area contributed by atoms with Crippen molar-refractivity contribution in [2.75, 3.05) is 18.0 Å². The number of anilines is 1. The fraction of sp³-hybridized carbons (Fsp3) is 0.444. The van der Waals surface area contributed by atoms with Crippen molar-refractivity contribution >= 4 is 27.5 Å². The number of amides is 2. The first-order valence-electron chi connectivity index (χ1n) is 16.0. The molecule has 242 valence electrons. The van der Waals surface area contributed by atoms with Gasteiger partial charge in [0.1, 0.15) is 18.3 Å². The minimum atomic E-state index is -4.13. The second-order valence-electron chi connectivity index (χ2n) is 12.2. The Kier molecular flexibility index (Phi) is 11.7. The highest BCUT2D eigenvalue weighted by molar-refractivity contribution is 7.92. The zero-order valence-electron chi connectivity index (χ0n) is 27.2. The van der Waals surface area contributed by atoms with E-state index in [4.69, 9.17) is 4.74 Å². The van der Waals surface area contributed by atoms with E-state index >= 15 is 0 Å². The largest absolute Gasteiger partial charge is 0.497 e. The number of carbonyl (C=O) groups is 2. The highest BCUT2D eigenvalue weighted by Gasteiger charge is 2.34. The van der Waals surface area contributed by atoms with Crippen LogP contribution in [0.4, 0.5) is 5.69 Å². The van der Waals surface area contributed by atoms with Crippen LogP contribution in [-0.4, -0.2) is 50.9 Å². The molecule has 0 aliphatic heterocycles. The van der Waals surface area contributed by atoms with E-state index in [1.807, 2.05) is 50.2 Å². The SMILES string of the molecule is CC[C@@H](C(=O)NC1CCCCC1)N(Cc1cccc(OC)c1)C(=O)CN(c1ccc(C(C)C)cc1)S(=O)(=O)c1ccc(C)cc1. The van der Waals surface area contributed by atoms with Gasteiger partial charge in [-0.05, 0) is 79.6 Å². The summed E-state index contributed by atoms with van der Waals surface area (Å²) < 4.78 is 34.9. The van der Waals surface area contributed by atoms with Crippen LogP contribution >= 0.6 is 0 Å². The van der Waals surface area contributed by atoms with Crippen LogP contribution in [0.2, 0.25) is 0 Å². The predicted octanol–water partition coefficient (Wildman–Crippen LogP) is 6.58. The van der Waals surface area contributed by atoms with Crippen LogP contribution in [-0.2, 0) is 26.2 Å². The monoisotopic (exact) mass is 633 g/mol. The molecular weight excluding hydrogens is 586 g/mol. The van der Waals surface area contributed by atoms with Gasteiger partial charge < -0.3 is 15.0 Å². The van der Waals surface area contributed by atoms with Gasteiger partial charge in [-0.25, -0.2) is 8.42 Å². The molecule has 0 radical (unpaired) electrons. The van der Waals surface area contributed by atoms with Crippen molar-refractivity contribution < 1.29 is 22.7 Å². The average molecular weight is 634 g/mol. The first kappa shape index (κ1) is 34.0. The standard InChI is InChI=1S/C36H47N3O5S/c1-6-34(36(41)37-30-12-8-7-9-13-30)38(24-28-11-10-14-32(23-28)44-5)35(40)25-39(31-19-17-29(18-20-31)26(2)3)45(42,43)33-21-15-27(4)16-22-33/h10-11,14-23,26,30,34H,6-9,12-13,24-25H2,1-5H3,(H,37,41)/t34-/m0/s1. The molecule has 1 aliphatic carbocycles. The second-order valence-corrected chi connectivity index (χ2v) is 14.1. The molecule has 1 atom stereocenters. The number of nitrogens with zero attached hydrogens (tertiary/aromatic N) is 2. The quantitative estimate of drug-likeness (QED) is 0.230. The van der Waals surface area contributed by atoms with Crippen molar-refractivity contribution in [2.45, 2.75) is 95.7 Å². The molecule has 8 nitrogen and oxygen atoms in total.